The summed E-state index contributed by atoms with van der Waals surface area (Å²) in [6.45, 7) is 0.602. The molecule has 2 aromatic carbocycles. The molecule has 0 unspecified atom stereocenters. The van der Waals surface area contributed by atoms with Crippen molar-refractivity contribution in [1.82, 2.24) is 20.0 Å². The summed E-state index contributed by atoms with van der Waals surface area (Å²) in [7, 11) is 0. The van der Waals surface area contributed by atoms with Crippen LogP contribution in [0.15, 0.2) is 75.9 Å². The molecule has 6 nitrogen and oxygen atoms in total. The molecule has 0 atom stereocenters. The Morgan fingerprint density at radius 1 is 1.14 bits per heavy atom. The summed E-state index contributed by atoms with van der Waals surface area (Å²) in [5, 5.41) is 7.59. The van der Waals surface area contributed by atoms with E-state index in [9.17, 15) is 4.79 Å². The van der Waals surface area contributed by atoms with Gasteiger partial charge in [0, 0.05) is 27.8 Å². The Hall–Kier alpha value is -2.90. The maximum atomic E-state index is 12.4. The first-order valence-corrected chi connectivity index (χ1v) is 10.0. The zero-order chi connectivity index (χ0) is 20.2. The Bertz CT molecular complexity index is 1140. The standard InChI is InChI=1S/C21H16BrClN4O2/c22-16-4-1-3-14(11-16)12-24-19(28)13-27-10-2-5-18(27)21-25-20(26-29-21)15-6-8-17(23)9-7-15/h1-11H,12-13H2,(H,24,28). The summed E-state index contributed by atoms with van der Waals surface area (Å²) >= 11 is 9.35. The van der Waals surface area contributed by atoms with Crippen LogP contribution in [0.25, 0.3) is 23.0 Å². The maximum Gasteiger partial charge on any atom is 0.274 e. The number of amides is 1. The van der Waals surface area contributed by atoms with Gasteiger partial charge >= 0.3 is 0 Å². The number of nitrogens with one attached hydrogen (secondary N) is 1. The number of hydrogen-bond donors (Lipinski definition) is 1. The minimum Gasteiger partial charge on any atom is -0.350 e. The zero-order valence-corrected chi connectivity index (χ0v) is 17.5. The molecule has 0 bridgehead atoms. The van der Waals surface area contributed by atoms with Crippen LogP contribution in [0.4, 0.5) is 0 Å². The van der Waals surface area contributed by atoms with Gasteiger partial charge < -0.3 is 14.4 Å². The van der Waals surface area contributed by atoms with Gasteiger partial charge in [-0.25, -0.2) is 0 Å². The molecule has 0 aliphatic rings. The SMILES string of the molecule is O=C(Cn1cccc1-c1nc(-c2ccc(Cl)cc2)no1)NCc1cccc(Br)c1. The molecule has 146 valence electrons. The number of halogens is 2. The van der Waals surface area contributed by atoms with Crippen LogP contribution in [0.3, 0.4) is 0 Å². The molecule has 0 spiro atoms. The monoisotopic (exact) mass is 470 g/mol. The lowest BCUT2D eigenvalue weighted by atomic mass is 10.2. The van der Waals surface area contributed by atoms with Gasteiger partial charge in [-0.05, 0) is 54.1 Å². The van der Waals surface area contributed by atoms with E-state index in [2.05, 4.69) is 31.4 Å². The fourth-order valence-electron chi connectivity index (χ4n) is 2.85. The minimum absolute atomic E-state index is 0.111. The normalized spacial score (nSPS) is 10.8. The van der Waals surface area contributed by atoms with Gasteiger partial charge in [-0.1, -0.05) is 44.8 Å². The van der Waals surface area contributed by atoms with Crippen LogP contribution in [-0.4, -0.2) is 20.6 Å². The van der Waals surface area contributed by atoms with Crippen LogP contribution in [0.1, 0.15) is 5.56 Å². The van der Waals surface area contributed by atoms with Crippen LogP contribution in [0.2, 0.25) is 5.02 Å². The summed E-state index contributed by atoms with van der Waals surface area (Å²) in [5.41, 5.74) is 2.49. The minimum atomic E-state index is -0.111. The van der Waals surface area contributed by atoms with Crippen molar-refractivity contribution >= 4 is 33.4 Å². The van der Waals surface area contributed by atoms with Crippen molar-refractivity contribution < 1.29 is 9.32 Å². The topological polar surface area (TPSA) is 73.0 Å². The van der Waals surface area contributed by atoms with Gasteiger partial charge in [0.2, 0.25) is 11.7 Å². The Morgan fingerprint density at radius 3 is 2.76 bits per heavy atom. The summed E-state index contributed by atoms with van der Waals surface area (Å²) in [5.74, 6) is 0.697. The van der Waals surface area contributed by atoms with Crippen molar-refractivity contribution in [2.75, 3.05) is 0 Å². The van der Waals surface area contributed by atoms with E-state index in [-0.39, 0.29) is 12.5 Å². The fourth-order valence-corrected chi connectivity index (χ4v) is 3.42. The predicted octanol–water partition coefficient (Wildman–Crippen LogP) is 4.94. The second kappa shape index (κ2) is 8.63. The fraction of sp³-hybridized carbons (Fsp3) is 0.0952. The molecule has 0 aliphatic carbocycles. The third-order valence-corrected chi connectivity index (χ3v) is 5.01. The van der Waals surface area contributed by atoms with Gasteiger partial charge in [0.25, 0.3) is 5.89 Å². The highest BCUT2D eigenvalue weighted by molar-refractivity contribution is 9.10. The average Bonchev–Trinajstić information content (AvgIpc) is 3.36. The smallest absolute Gasteiger partial charge is 0.274 e. The summed E-state index contributed by atoms with van der Waals surface area (Å²) < 4.78 is 8.16. The van der Waals surface area contributed by atoms with Gasteiger partial charge in [0.1, 0.15) is 12.2 Å². The van der Waals surface area contributed by atoms with E-state index in [1.165, 1.54) is 0 Å². The van der Waals surface area contributed by atoms with Gasteiger partial charge in [0.05, 0.1) is 0 Å². The van der Waals surface area contributed by atoms with Gasteiger partial charge in [-0.15, -0.1) is 0 Å². The molecule has 1 N–H and O–H groups in total. The second-order valence-corrected chi connectivity index (χ2v) is 7.71. The predicted molar refractivity (Wildman–Crippen MR) is 114 cm³/mol. The number of rotatable bonds is 6. The molecular weight excluding hydrogens is 456 g/mol. The first-order valence-electron chi connectivity index (χ1n) is 8.85. The molecule has 0 saturated carbocycles. The average molecular weight is 472 g/mol. The van der Waals surface area contributed by atoms with E-state index >= 15 is 0 Å². The molecular formula is C21H16BrClN4O2. The number of benzene rings is 2. The van der Waals surface area contributed by atoms with E-state index in [0.29, 0.717) is 29.0 Å². The molecule has 2 aromatic heterocycles. The highest BCUT2D eigenvalue weighted by Gasteiger charge is 2.15. The lowest BCUT2D eigenvalue weighted by Crippen LogP contribution is -2.27. The quantitative estimate of drug-likeness (QED) is 0.432. The van der Waals surface area contributed by atoms with Crippen molar-refractivity contribution in [3.05, 3.63) is 81.9 Å². The van der Waals surface area contributed by atoms with Crippen molar-refractivity contribution in [1.29, 1.82) is 0 Å². The Kier molecular flexibility index (Phi) is 5.78. The van der Waals surface area contributed by atoms with E-state index in [4.69, 9.17) is 16.1 Å². The largest absolute Gasteiger partial charge is 0.350 e. The molecule has 0 aliphatic heterocycles. The van der Waals surface area contributed by atoms with Crippen LogP contribution in [-0.2, 0) is 17.9 Å². The lowest BCUT2D eigenvalue weighted by molar-refractivity contribution is -0.121. The number of hydrogen-bond acceptors (Lipinski definition) is 4. The molecule has 0 radical (unpaired) electrons. The van der Waals surface area contributed by atoms with Crippen LogP contribution >= 0.6 is 27.5 Å². The van der Waals surface area contributed by atoms with Crippen molar-refractivity contribution in [3.8, 4) is 23.0 Å². The number of carbonyl (C=O) groups excluding carboxylic acids is 1. The third kappa shape index (κ3) is 4.75. The first kappa shape index (κ1) is 19.4. The van der Waals surface area contributed by atoms with Crippen LogP contribution in [0, 0.1) is 0 Å². The van der Waals surface area contributed by atoms with Gasteiger partial charge in [0.15, 0.2) is 0 Å². The molecule has 4 aromatic rings. The van der Waals surface area contributed by atoms with Crippen LogP contribution < -0.4 is 5.32 Å². The third-order valence-electron chi connectivity index (χ3n) is 4.27. The van der Waals surface area contributed by atoms with E-state index in [1.54, 1.807) is 22.9 Å². The first-order chi connectivity index (χ1) is 14.1. The zero-order valence-electron chi connectivity index (χ0n) is 15.2. The van der Waals surface area contributed by atoms with E-state index < -0.39 is 0 Å². The highest BCUT2D eigenvalue weighted by Crippen LogP contribution is 2.24. The van der Waals surface area contributed by atoms with Crippen molar-refractivity contribution in [3.63, 3.8) is 0 Å². The molecule has 0 saturated heterocycles. The van der Waals surface area contributed by atoms with Crippen molar-refractivity contribution in [2.24, 2.45) is 0 Å². The molecule has 0 fully saturated rings. The van der Waals surface area contributed by atoms with Crippen LogP contribution in [0.5, 0.6) is 0 Å². The number of aromatic nitrogens is 3. The van der Waals surface area contributed by atoms with Crippen molar-refractivity contribution in [2.45, 2.75) is 13.1 Å². The Balaban J connectivity index is 1.44. The van der Waals surface area contributed by atoms with E-state index in [1.807, 2.05) is 48.5 Å². The Morgan fingerprint density at radius 2 is 1.97 bits per heavy atom. The van der Waals surface area contributed by atoms with Gasteiger partial charge in [-0.2, -0.15) is 4.98 Å². The highest BCUT2D eigenvalue weighted by atomic mass is 79.9. The molecule has 8 heteroatoms. The molecule has 4 rings (SSSR count). The Labute approximate surface area is 180 Å². The van der Waals surface area contributed by atoms with E-state index in [0.717, 1.165) is 15.6 Å². The summed E-state index contributed by atoms with van der Waals surface area (Å²) in [4.78, 5) is 16.8. The number of carbonyl (C=O) groups is 1. The molecule has 2 heterocycles. The maximum absolute atomic E-state index is 12.4. The lowest BCUT2D eigenvalue weighted by Gasteiger charge is -2.08. The summed E-state index contributed by atoms with van der Waals surface area (Å²) in [6, 6.07) is 18.7. The molecule has 29 heavy (non-hydrogen) atoms. The summed E-state index contributed by atoms with van der Waals surface area (Å²) in [6.07, 6.45) is 1.81. The van der Waals surface area contributed by atoms with Gasteiger partial charge in [-0.3, -0.25) is 4.79 Å². The number of nitrogens with zero attached hydrogens (tertiary/aromatic N) is 3. The molecule has 1 amide bonds. The second-order valence-electron chi connectivity index (χ2n) is 6.36.